The molecule has 27 heavy (non-hydrogen) atoms. The molecule has 0 bridgehead atoms. The van der Waals surface area contributed by atoms with Gasteiger partial charge in [-0.25, -0.2) is 9.78 Å². The normalized spacial score (nSPS) is 10.4. The van der Waals surface area contributed by atoms with Crippen LogP contribution in [0.5, 0.6) is 0 Å². The van der Waals surface area contributed by atoms with Gasteiger partial charge in [0, 0.05) is 11.9 Å². The van der Waals surface area contributed by atoms with E-state index in [2.05, 4.69) is 32.2 Å². The van der Waals surface area contributed by atoms with Crippen LogP contribution in [0.2, 0.25) is 5.15 Å². The van der Waals surface area contributed by atoms with Gasteiger partial charge in [-0.1, -0.05) is 36.7 Å². The van der Waals surface area contributed by atoms with Crippen LogP contribution in [0, 0.1) is 0 Å². The third kappa shape index (κ3) is 4.68. The van der Waals surface area contributed by atoms with Gasteiger partial charge in [0.1, 0.15) is 5.15 Å². The highest BCUT2D eigenvalue weighted by Crippen LogP contribution is 2.19. The summed E-state index contributed by atoms with van der Waals surface area (Å²) in [6.45, 7) is 1.87. The van der Waals surface area contributed by atoms with Gasteiger partial charge in [0.15, 0.2) is 12.4 Å². The Bertz CT molecular complexity index is 966. The van der Waals surface area contributed by atoms with E-state index in [-0.39, 0.29) is 35.0 Å². The number of benzene rings is 1. The number of aryl methyl sites for hydroxylation is 1. The van der Waals surface area contributed by atoms with Gasteiger partial charge >= 0.3 is 5.97 Å². The Kier molecular flexibility index (Phi) is 5.77. The average molecular weight is 385 g/mol. The molecule has 3 aromatic rings. The maximum atomic E-state index is 12.1. The first-order valence-electron chi connectivity index (χ1n) is 8.19. The van der Waals surface area contributed by atoms with E-state index in [4.69, 9.17) is 22.1 Å². The number of anilines is 3. The van der Waals surface area contributed by atoms with Gasteiger partial charge < -0.3 is 15.8 Å². The molecule has 3 N–H and O–H groups in total. The van der Waals surface area contributed by atoms with Crippen molar-refractivity contribution < 1.29 is 9.53 Å². The largest absolute Gasteiger partial charge is 0.454 e. The minimum atomic E-state index is -0.627. The Labute approximate surface area is 160 Å². The molecule has 8 nitrogen and oxygen atoms in total. The lowest BCUT2D eigenvalue weighted by Crippen LogP contribution is -2.12. The Morgan fingerprint density at radius 1 is 1.19 bits per heavy atom. The van der Waals surface area contributed by atoms with E-state index in [9.17, 15) is 4.79 Å². The summed E-state index contributed by atoms with van der Waals surface area (Å²) in [6.07, 6.45) is 2.33. The summed E-state index contributed by atoms with van der Waals surface area (Å²) in [5.41, 5.74) is 7.89. The Balaban J connectivity index is 1.74. The molecule has 0 aliphatic rings. The molecule has 9 heteroatoms. The lowest BCUT2D eigenvalue weighted by atomic mass is 10.1. The number of nitrogens with two attached hydrogens (primary N) is 1. The van der Waals surface area contributed by atoms with Gasteiger partial charge in [-0.15, -0.1) is 0 Å². The van der Waals surface area contributed by atoms with Crippen LogP contribution in [-0.4, -0.2) is 25.9 Å². The fraction of sp³-hybridized carbons (Fsp3) is 0.167. The van der Waals surface area contributed by atoms with E-state index >= 15 is 0 Å². The number of nitrogens with zero attached hydrogens (tertiary/aromatic N) is 4. The number of halogens is 1. The van der Waals surface area contributed by atoms with Crippen molar-refractivity contribution in [1.29, 1.82) is 0 Å². The van der Waals surface area contributed by atoms with Crippen molar-refractivity contribution in [2.75, 3.05) is 11.1 Å². The number of aromatic nitrogens is 4. The summed E-state index contributed by atoms with van der Waals surface area (Å²) in [5, 5.41) is 3.19. The molecular formula is C18H17ClN6O2. The number of nitrogen functional groups attached to an aromatic ring is 1. The summed E-state index contributed by atoms with van der Waals surface area (Å²) in [6, 6.07) is 10.9. The van der Waals surface area contributed by atoms with Crippen LogP contribution < -0.4 is 11.1 Å². The quantitative estimate of drug-likeness (QED) is 0.491. The number of nitrogens with one attached hydrogen (secondary N) is 1. The SMILES string of the molecule is CCc1ccccc1Nc1nc(N)nc(COC(=O)c2cccnc2Cl)n1. The van der Waals surface area contributed by atoms with Crippen LogP contribution in [0.4, 0.5) is 17.6 Å². The molecule has 0 amide bonds. The van der Waals surface area contributed by atoms with Gasteiger partial charge in [-0.05, 0) is 30.2 Å². The van der Waals surface area contributed by atoms with Crippen molar-refractivity contribution in [2.45, 2.75) is 20.0 Å². The minimum Gasteiger partial charge on any atom is -0.454 e. The van der Waals surface area contributed by atoms with E-state index in [1.807, 2.05) is 24.3 Å². The van der Waals surface area contributed by atoms with Gasteiger partial charge in [0.25, 0.3) is 0 Å². The molecule has 0 atom stereocenters. The third-order valence-corrected chi connectivity index (χ3v) is 3.96. The molecule has 0 spiro atoms. The number of carbonyl (C=O) groups is 1. The first-order chi connectivity index (χ1) is 13.1. The number of para-hydroxylation sites is 1. The van der Waals surface area contributed by atoms with Crippen LogP contribution in [0.1, 0.15) is 28.7 Å². The number of carbonyl (C=O) groups excluding carboxylic acids is 1. The molecule has 0 fully saturated rings. The zero-order chi connectivity index (χ0) is 19.2. The lowest BCUT2D eigenvalue weighted by Gasteiger charge is -2.11. The van der Waals surface area contributed by atoms with Gasteiger partial charge in [0.05, 0.1) is 5.56 Å². The second kappa shape index (κ2) is 8.41. The summed E-state index contributed by atoms with van der Waals surface area (Å²) >= 11 is 5.89. The number of esters is 1. The lowest BCUT2D eigenvalue weighted by molar-refractivity contribution is 0.0462. The molecule has 3 rings (SSSR count). The number of hydrogen-bond acceptors (Lipinski definition) is 8. The highest BCUT2D eigenvalue weighted by Gasteiger charge is 2.14. The molecule has 1 aromatic carbocycles. The van der Waals surface area contributed by atoms with Crippen LogP contribution in [0.15, 0.2) is 42.6 Å². The van der Waals surface area contributed by atoms with Crippen molar-refractivity contribution in [3.8, 4) is 0 Å². The van der Waals surface area contributed by atoms with Gasteiger partial charge in [-0.3, -0.25) is 0 Å². The van der Waals surface area contributed by atoms with Crippen molar-refractivity contribution in [3.63, 3.8) is 0 Å². The molecule has 0 saturated heterocycles. The Morgan fingerprint density at radius 3 is 2.78 bits per heavy atom. The monoisotopic (exact) mass is 384 g/mol. The minimum absolute atomic E-state index is 0.0203. The van der Waals surface area contributed by atoms with E-state index in [0.29, 0.717) is 0 Å². The van der Waals surface area contributed by atoms with Crippen LogP contribution in [-0.2, 0) is 17.8 Å². The Morgan fingerprint density at radius 2 is 2.00 bits per heavy atom. The number of hydrogen-bond donors (Lipinski definition) is 2. The molecule has 2 heterocycles. The predicted octanol–water partition coefficient (Wildman–Crippen LogP) is 3.17. The van der Waals surface area contributed by atoms with Crippen LogP contribution >= 0.6 is 11.6 Å². The topological polar surface area (TPSA) is 116 Å². The van der Waals surface area contributed by atoms with Crippen molar-refractivity contribution in [2.24, 2.45) is 0 Å². The maximum absolute atomic E-state index is 12.1. The highest BCUT2D eigenvalue weighted by molar-refractivity contribution is 6.32. The van der Waals surface area contributed by atoms with Crippen molar-refractivity contribution >= 4 is 35.2 Å². The number of pyridine rings is 1. The van der Waals surface area contributed by atoms with Crippen LogP contribution in [0.3, 0.4) is 0 Å². The predicted molar refractivity (Wildman–Crippen MR) is 102 cm³/mol. The average Bonchev–Trinajstić information content (AvgIpc) is 2.66. The second-order valence-electron chi connectivity index (χ2n) is 5.49. The van der Waals surface area contributed by atoms with Gasteiger partial charge in [0.2, 0.25) is 11.9 Å². The molecular weight excluding hydrogens is 368 g/mol. The zero-order valence-corrected chi connectivity index (χ0v) is 15.3. The molecule has 0 unspecified atom stereocenters. The summed E-state index contributed by atoms with van der Waals surface area (Å²) in [4.78, 5) is 28.3. The Hall–Kier alpha value is -3.26. The van der Waals surface area contributed by atoms with E-state index < -0.39 is 5.97 Å². The summed E-state index contributed by atoms with van der Waals surface area (Å²) < 4.78 is 5.20. The molecule has 2 aromatic heterocycles. The van der Waals surface area contributed by atoms with Gasteiger partial charge in [-0.2, -0.15) is 15.0 Å². The zero-order valence-electron chi connectivity index (χ0n) is 14.5. The first kappa shape index (κ1) is 18.5. The van der Waals surface area contributed by atoms with E-state index in [0.717, 1.165) is 17.7 Å². The summed E-state index contributed by atoms with van der Waals surface area (Å²) in [5.74, 6) is -0.119. The molecule has 0 saturated carbocycles. The maximum Gasteiger partial charge on any atom is 0.341 e. The molecule has 138 valence electrons. The standard InChI is InChI=1S/C18H17ClN6O2/c1-2-11-6-3-4-8-13(11)22-18-24-14(23-17(20)25-18)10-27-16(26)12-7-5-9-21-15(12)19/h3-9H,2,10H2,1H3,(H3,20,22,23,24,25). The first-order valence-corrected chi connectivity index (χ1v) is 8.57. The van der Waals surface area contributed by atoms with Crippen molar-refractivity contribution in [3.05, 3.63) is 64.7 Å². The molecule has 0 aliphatic carbocycles. The second-order valence-corrected chi connectivity index (χ2v) is 5.85. The van der Waals surface area contributed by atoms with E-state index in [1.54, 1.807) is 6.07 Å². The fourth-order valence-electron chi connectivity index (χ4n) is 2.38. The number of ether oxygens (including phenoxy) is 1. The molecule has 0 aliphatic heterocycles. The highest BCUT2D eigenvalue weighted by atomic mass is 35.5. The smallest absolute Gasteiger partial charge is 0.341 e. The fourth-order valence-corrected chi connectivity index (χ4v) is 2.57. The third-order valence-electron chi connectivity index (χ3n) is 3.66. The summed E-state index contributed by atoms with van der Waals surface area (Å²) in [7, 11) is 0. The van der Waals surface area contributed by atoms with Crippen LogP contribution in [0.25, 0.3) is 0 Å². The molecule has 0 radical (unpaired) electrons. The number of rotatable bonds is 6. The van der Waals surface area contributed by atoms with Crippen molar-refractivity contribution in [1.82, 2.24) is 19.9 Å². The van der Waals surface area contributed by atoms with E-state index in [1.165, 1.54) is 12.3 Å².